The van der Waals surface area contributed by atoms with Crippen LogP contribution in [-0.2, 0) is 0 Å². The largest absolute Gasteiger partial charge is 0.490 e. The molecule has 0 aliphatic heterocycles. The molecule has 1 N–H and O–H groups in total. The van der Waals surface area contributed by atoms with Gasteiger partial charge in [-0.1, -0.05) is 12.1 Å². The summed E-state index contributed by atoms with van der Waals surface area (Å²) in [6.45, 7) is 5.88. The van der Waals surface area contributed by atoms with Gasteiger partial charge in [-0.2, -0.15) is 0 Å². The van der Waals surface area contributed by atoms with Crippen LogP contribution >= 0.6 is 0 Å². The van der Waals surface area contributed by atoms with Gasteiger partial charge in [0.05, 0.1) is 12.7 Å². The van der Waals surface area contributed by atoms with Crippen LogP contribution in [0.1, 0.15) is 39.5 Å². The van der Waals surface area contributed by atoms with Gasteiger partial charge in [0.25, 0.3) is 0 Å². The zero-order valence-corrected chi connectivity index (χ0v) is 12.0. The average molecular weight is 263 g/mol. The molecule has 0 aromatic heterocycles. The van der Waals surface area contributed by atoms with Crippen LogP contribution in [0.3, 0.4) is 0 Å². The lowest BCUT2D eigenvalue weighted by Crippen LogP contribution is -2.20. The predicted molar refractivity (Wildman–Crippen MR) is 78.0 cm³/mol. The lowest BCUT2D eigenvalue weighted by atomic mass is 10.2. The fourth-order valence-electron chi connectivity index (χ4n) is 2.08. The van der Waals surface area contributed by atoms with E-state index >= 15 is 0 Å². The highest BCUT2D eigenvalue weighted by atomic mass is 16.5. The normalized spacial score (nSPS) is 16.1. The quantitative estimate of drug-likeness (QED) is 0.693. The van der Waals surface area contributed by atoms with Gasteiger partial charge in [-0.05, 0) is 58.2 Å². The van der Waals surface area contributed by atoms with Crippen molar-refractivity contribution in [1.29, 1.82) is 0 Å². The maximum atomic E-state index is 5.97. The van der Waals surface area contributed by atoms with Crippen molar-refractivity contribution in [3.05, 3.63) is 24.3 Å². The number of rotatable bonds is 9. The molecule has 1 unspecified atom stereocenters. The molecule has 0 amide bonds. The Balaban J connectivity index is 1.72. The molecule has 1 aliphatic carbocycles. The number of hydrogen-bond donors (Lipinski definition) is 1. The van der Waals surface area contributed by atoms with Crippen molar-refractivity contribution in [3.8, 4) is 11.5 Å². The Hall–Kier alpha value is -1.22. The molecule has 1 aromatic rings. The van der Waals surface area contributed by atoms with Crippen molar-refractivity contribution in [3.63, 3.8) is 0 Å². The molecule has 0 radical (unpaired) electrons. The maximum absolute atomic E-state index is 5.97. The van der Waals surface area contributed by atoms with Crippen LogP contribution in [0.25, 0.3) is 0 Å². The first kappa shape index (κ1) is 14.2. The van der Waals surface area contributed by atoms with Crippen LogP contribution in [0, 0.1) is 0 Å². The summed E-state index contributed by atoms with van der Waals surface area (Å²) in [7, 11) is 0. The highest BCUT2D eigenvalue weighted by Gasteiger charge is 2.19. The average Bonchev–Trinajstić information content (AvgIpc) is 3.21. The standard InChI is InChI=1S/C16H25NO2/c1-3-18-15-8-4-5-9-16(15)19-13(2)7-6-12-17-14-10-11-14/h4-5,8-9,13-14,17H,3,6-7,10-12H2,1-2H3. The maximum Gasteiger partial charge on any atom is 0.161 e. The summed E-state index contributed by atoms with van der Waals surface area (Å²) in [4.78, 5) is 0. The van der Waals surface area contributed by atoms with E-state index in [1.807, 2.05) is 31.2 Å². The Kier molecular flexibility index (Phi) is 5.52. The van der Waals surface area contributed by atoms with E-state index in [2.05, 4.69) is 12.2 Å². The summed E-state index contributed by atoms with van der Waals surface area (Å²) in [5, 5.41) is 3.53. The van der Waals surface area contributed by atoms with Crippen molar-refractivity contribution in [2.75, 3.05) is 13.2 Å². The minimum absolute atomic E-state index is 0.225. The molecule has 0 heterocycles. The third-order valence-electron chi connectivity index (χ3n) is 3.27. The molecule has 106 valence electrons. The number of para-hydroxylation sites is 2. The second-order valence-corrected chi connectivity index (χ2v) is 5.18. The summed E-state index contributed by atoms with van der Waals surface area (Å²) in [6.07, 6.45) is 5.17. The summed E-state index contributed by atoms with van der Waals surface area (Å²) >= 11 is 0. The molecule has 0 bridgehead atoms. The topological polar surface area (TPSA) is 30.5 Å². The van der Waals surface area contributed by atoms with E-state index in [0.717, 1.165) is 36.9 Å². The molecule has 1 aliphatic rings. The van der Waals surface area contributed by atoms with Crippen LogP contribution in [0.15, 0.2) is 24.3 Å². The molecular weight excluding hydrogens is 238 g/mol. The summed E-state index contributed by atoms with van der Waals surface area (Å²) in [5.41, 5.74) is 0. The molecule has 0 spiro atoms. The Morgan fingerprint density at radius 2 is 2.00 bits per heavy atom. The minimum atomic E-state index is 0.225. The molecule has 1 aromatic carbocycles. The van der Waals surface area contributed by atoms with E-state index in [1.165, 1.54) is 12.8 Å². The summed E-state index contributed by atoms with van der Waals surface area (Å²) in [6, 6.07) is 8.70. The molecule has 1 saturated carbocycles. The number of hydrogen-bond acceptors (Lipinski definition) is 3. The second-order valence-electron chi connectivity index (χ2n) is 5.18. The molecule has 1 fully saturated rings. The van der Waals surface area contributed by atoms with Crippen molar-refractivity contribution < 1.29 is 9.47 Å². The van der Waals surface area contributed by atoms with Gasteiger partial charge in [-0.25, -0.2) is 0 Å². The van der Waals surface area contributed by atoms with Gasteiger partial charge < -0.3 is 14.8 Å². The van der Waals surface area contributed by atoms with Gasteiger partial charge in [0.2, 0.25) is 0 Å². The zero-order chi connectivity index (χ0) is 13.5. The van der Waals surface area contributed by atoms with E-state index in [-0.39, 0.29) is 6.10 Å². The van der Waals surface area contributed by atoms with Crippen molar-refractivity contribution in [1.82, 2.24) is 5.32 Å². The van der Waals surface area contributed by atoms with Gasteiger partial charge in [0.1, 0.15) is 0 Å². The first-order valence-electron chi connectivity index (χ1n) is 7.41. The molecule has 3 nitrogen and oxygen atoms in total. The SMILES string of the molecule is CCOc1ccccc1OC(C)CCCNC1CC1. The minimum Gasteiger partial charge on any atom is -0.490 e. The smallest absolute Gasteiger partial charge is 0.161 e. The number of nitrogens with one attached hydrogen (secondary N) is 1. The molecule has 19 heavy (non-hydrogen) atoms. The van der Waals surface area contributed by atoms with E-state index in [9.17, 15) is 0 Å². The van der Waals surface area contributed by atoms with Crippen LogP contribution < -0.4 is 14.8 Å². The van der Waals surface area contributed by atoms with Gasteiger partial charge in [-0.15, -0.1) is 0 Å². The van der Waals surface area contributed by atoms with Crippen LogP contribution in [0.5, 0.6) is 11.5 Å². The predicted octanol–water partition coefficient (Wildman–Crippen LogP) is 3.38. The Labute approximate surface area is 116 Å². The molecule has 1 atom stereocenters. The van der Waals surface area contributed by atoms with Crippen LogP contribution in [0.4, 0.5) is 0 Å². The molecule has 0 saturated heterocycles. The van der Waals surface area contributed by atoms with E-state index in [0.29, 0.717) is 6.61 Å². The Morgan fingerprint density at radius 3 is 2.68 bits per heavy atom. The number of ether oxygens (including phenoxy) is 2. The Bertz CT molecular complexity index is 377. The third kappa shape index (κ3) is 5.11. The second kappa shape index (κ2) is 7.39. The van der Waals surface area contributed by atoms with Crippen molar-refractivity contribution in [2.45, 2.75) is 51.7 Å². The van der Waals surface area contributed by atoms with Gasteiger partial charge in [-0.3, -0.25) is 0 Å². The Morgan fingerprint density at radius 1 is 1.26 bits per heavy atom. The summed E-state index contributed by atoms with van der Waals surface area (Å²) < 4.78 is 11.5. The van der Waals surface area contributed by atoms with E-state index < -0.39 is 0 Å². The molecular formula is C16H25NO2. The monoisotopic (exact) mass is 263 g/mol. The fraction of sp³-hybridized carbons (Fsp3) is 0.625. The van der Waals surface area contributed by atoms with Gasteiger partial charge in [0.15, 0.2) is 11.5 Å². The van der Waals surface area contributed by atoms with Crippen molar-refractivity contribution >= 4 is 0 Å². The zero-order valence-electron chi connectivity index (χ0n) is 12.0. The van der Waals surface area contributed by atoms with Crippen molar-refractivity contribution in [2.24, 2.45) is 0 Å². The summed E-state index contributed by atoms with van der Waals surface area (Å²) in [5.74, 6) is 1.69. The lowest BCUT2D eigenvalue weighted by Gasteiger charge is -2.17. The highest BCUT2D eigenvalue weighted by molar-refractivity contribution is 5.39. The highest BCUT2D eigenvalue weighted by Crippen LogP contribution is 2.28. The van der Waals surface area contributed by atoms with Gasteiger partial charge >= 0.3 is 0 Å². The third-order valence-corrected chi connectivity index (χ3v) is 3.27. The first-order chi connectivity index (χ1) is 9.29. The first-order valence-corrected chi connectivity index (χ1v) is 7.41. The fourth-order valence-corrected chi connectivity index (χ4v) is 2.08. The number of benzene rings is 1. The van der Waals surface area contributed by atoms with Crippen LogP contribution in [-0.4, -0.2) is 25.3 Å². The van der Waals surface area contributed by atoms with Crippen LogP contribution in [0.2, 0.25) is 0 Å². The molecule has 3 heteroatoms. The van der Waals surface area contributed by atoms with Gasteiger partial charge in [0, 0.05) is 6.04 Å². The molecule has 2 rings (SSSR count). The van der Waals surface area contributed by atoms with E-state index in [4.69, 9.17) is 9.47 Å². The van der Waals surface area contributed by atoms with E-state index in [1.54, 1.807) is 0 Å². The lowest BCUT2D eigenvalue weighted by molar-refractivity contribution is 0.195.